The van der Waals surface area contributed by atoms with Crippen molar-refractivity contribution in [1.29, 1.82) is 0 Å². The third kappa shape index (κ3) is 4.50. The predicted molar refractivity (Wildman–Crippen MR) is 119 cm³/mol. The number of carbonyl (C=O) groups is 2. The first-order valence-corrected chi connectivity index (χ1v) is 10.5. The SMILES string of the molecule is NC(=O)[C@]1(Cc2cccc(-c3cccc(F)c3)c2)CCCN(C(=O)c2ccccc2)C1. The van der Waals surface area contributed by atoms with Gasteiger partial charge in [-0.2, -0.15) is 0 Å². The van der Waals surface area contributed by atoms with E-state index < -0.39 is 11.3 Å². The van der Waals surface area contributed by atoms with Crippen molar-refractivity contribution in [1.82, 2.24) is 4.90 Å². The number of nitrogens with zero attached hydrogens (tertiary/aromatic N) is 1. The number of likely N-dealkylation sites (tertiary alicyclic amines) is 1. The minimum absolute atomic E-state index is 0.0839. The fourth-order valence-electron chi connectivity index (χ4n) is 4.42. The largest absolute Gasteiger partial charge is 0.369 e. The maximum atomic E-state index is 13.7. The molecule has 4 rings (SSSR count). The first-order chi connectivity index (χ1) is 15.0. The Kier molecular flexibility index (Phi) is 5.85. The Morgan fingerprint density at radius 2 is 1.65 bits per heavy atom. The highest BCUT2D eigenvalue weighted by atomic mass is 19.1. The Morgan fingerprint density at radius 3 is 2.35 bits per heavy atom. The first-order valence-electron chi connectivity index (χ1n) is 10.5. The molecule has 3 aromatic rings. The van der Waals surface area contributed by atoms with E-state index in [1.165, 1.54) is 12.1 Å². The van der Waals surface area contributed by atoms with Crippen molar-refractivity contribution in [2.24, 2.45) is 11.1 Å². The molecule has 2 amide bonds. The summed E-state index contributed by atoms with van der Waals surface area (Å²) in [5.74, 6) is -0.771. The molecule has 0 radical (unpaired) electrons. The number of benzene rings is 3. The van der Waals surface area contributed by atoms with Gasteiger partial charge in [0.15, 0.2) is 0 Å². The van der Waals surface area contributed by atoms with Crippen LogP contribution in [0.5, 0.6) is 0 Å². The summed E-state index contributed by atoms with van der Waals surface area (Å²) in [6.07, 6.45) is 1.78. The van der Waals surface area contributed by atoms with Crippen molar-refractivity contribution in [2.45, 2.75) is 19.3 Å². The van der Waals surface area contributed by atoms with Gasteiger partial charge in [-0.1, -0.05) is 54.6 Å². The third-order valence-electron chi connectivity index (χ3n) is 6.03. The predicted octanol–water partition coefficient (Wildman–Crippen LogP) is 4.44. The number of hydrogen-bond acceptors (Lipinski definition) is 2. The monoisotopic (exact) mass is 416 g/mol. The van der Waals surface area contributed by atoms with Crippen molar-refractivity contribution < 1.29 is 14.0 Å². The number of halogens is 1. The third-order valence-corrected chi connectivity index (χ3v) is 6.03. The van der Waals surface area contributed by atoms with Crippen LogP contribution in [0.1, 0.15) is 28.8 Å². The molecular formula is C26H25FN2O2. The fraction of sp³-hybridized carbons (Fsp3) is 0.231. The molecule has 3 aromatic carbocycles. The minimum atomic E-state index is -0.830. The average Bonchev–Trinajstić information content (AvgIpc) is 2.79. The highest BCUT2D eigenvalue weighted by Gasteiger charge is 2.42. The second kappa shape index (κ2) is 8.72. The van der Waals surface area contributed by atoms with E-state index in [2.05, 4.69) is 0 Å². The van der Waals surface area contributed by atoms with Gasteiger partial charge in [0.25, 0.3) is 5.91 Å². The van der Waals surface area contributed by atoms with Crippen LogP contribution in [0, 0.1) is 11.2 Å². The highest BCUT2D eigenvalue weighted by molar-refractivity contribution is 5.95. The van der Waals surface area contributed by atoms with Gasteiger partial charge in [0.1, 0.15) is 5.82 Å². The molecule has 1 atom stereocenters. The van der Waals surface area contributed by atoms with Gasteiger partial charge < -0.3 is 10.6 Å². The van der Waals surface area contributed by atoms with Crippen LogP contribution in [-0.4, -0.2) is 29.8 Å². The molecule has 0 unspecified atom stereocenters. The molecule has 31 heavy (non-hydrogen) atoms. The second-order valence-corrected chi connectivity index (χ2v) is 8.23. The Labute approximate surface area is 181 Å². The summed E-state index contributed by atoms with van der Waals surface area (Å²) in [5, 5.41) is 0. The van der Waals surface area contributed by atoms with Crippen LogP contribution in [0.2, 0.25) is 0 Å². The lowest BCUT2D eigenvalue weighted by Gasteiger charge is -2.41. The lowest BCUT2D eigenvalue weighted by atomic mass is 9.74. The molecule has 158 valence electrons. The lowest BCUT2D eigenvalue weighted by Crippen LogP contribution is -2.53. The number of nitrogens with two attached hydrogens (primary N) is 1. The summed E-state index contributed by atoms with van der Waals surface area (Å²) in [5.41, 5.74) is 8.27. The van der Waals surface area contributed by atoms with Gasteiger partial charge in [-0.3, -0.25) is 9.59 Å². The Morgan fingerprint density at radius 1 is 0.935 bits per heavy atom. The molecule has 0 bridgehead atoms. The van der Waals surface area contributed by atoms with Gasteiger partial charge in [-0.25, -0.2) is 4.39 Å². The van der Waals surface area contributed by atoms with E-state index in [-0.39, 0.29) is 11.7 Å². The molecular weight excluding hydrogens is 391 g/mol. The smallest absolute Gasteiger partial charge is 0.253 e. The summed E-state index contributed by atoms with van der Waals surface area (Å²) in [6, 6.07) is 23.3. The molecule has 1 fully saturated rings. The second-order valence-electron chi connectivity index (χ2n) is 8.23. The molecule has 1 heterocycles. The number of amides is 2. The zero-order chi connectivity index (χ0) is 21.8. The highest BCUT2D eigenvalue weighted by Crippen LogP contribution is 2.35. The number of rotatable bonds is 5. The van der Waals surface area contributed by atoms with E-state index in [9.17, 15) is 14.0 Å². The topological polar surface area (TPSA) is 63.4 Å². The molecule has 1 saturated heterocycles. The van der Waals surface area contributed by atoms with Gasteiger partial charge >= 0.3 is 0 Å². The van der Waals surface area contributed by atoms with Crippen LogP contribution in [0.3, 0.4) is 0 Å². The summed E-state index contributed by atoms with van der Waals surface area (Å²) in [4.78, 5) is 27.3. The van der Waals surface area contributed by atoms with Crippen molar-refractivity contribution >= 4 is 11.8 Å². The van der Waals surface area contributed by atoms with E-state index in [1.54, 1.807) is 23.1 Å². The first kappa shape index (κ1) is 20.8. The Hall–Kier alpha value is -3.47. The zero-order valence-corrected chi connectivity index (χ0v) is 17.3. The van der Waals surface area contributed by atoms with Crippen molar-refractivity contribution in [3.8, 4) is 11.1 Å². The van der Waals surface area contributed by atoms with Gasteiger partial charge in [-0.15, -0.1) is 0 Å². The van der Waals surface area contributed by atoms with E-state index in [0.29, 0.717) is 37.9 Å². The summed E-state index contributed by atoms with van der Waals surface area (Å²) in [7, 11) is 0. The number of carbonyl (C=O) groups excluding carboxylic acids is 2. The normalized spacial score (nSPS) is 18.5. The lowest BCUT2D eigenvalue weighted by molar-refractivity contribution is -0.130. The standard InChI is InChI=1S/C26H25FN2O2/c27-23-12-5-11-22(16-23)21-10-4-7-19(15-21)17-26(25(28)31)13-6-14-29(18-26)24(30)20-8-2-1-3-9-20/h1-5,7-12,15-16H,6,13-14,17-18H2,(H2,28,31)/t26-/m0/s1. The maximum Gasteiger partial charge on any atom is 0.253 e. The van der Waals surface area contributed by atoms with Gasteiger partial charge in [0.05, 0.1) is 5.41 Å². The molecule has 0 aliphatic carbocycles. The van der Waals surface area contributed by atoms with Crippen molar-refractivity contribution in [3.63, 3.8) is 0 Å². The van der Waals surface area contributed by atoms with Crippen LogP contribution in [0.25, 0.3) is 11.1 Å². The average molecular weight is 416 g/mol. The molecule has 4 nitrogen and oxygen atoms in total. The van der Waals surface area contributed by atoms with Crippen LogP contribution in [-0.2, 0) is 11.2 Å². The maximum absolute atomic E-state index is 13.7. The number of primary amides is 1. The fourth-order valence-corrected chi connectivity index (χ4v) is 4.42. The Balaban J connectivity index is 1.60. The van der Waals surface area contributed by atoms with Gasteiger partial charge in [-0.05, 0) is 60.2 Å². The molecule has 1 aliphatic heterocycles. The molecule has 5 heteroatoms. The van der Waals surface area contributed by atoms with Crippen LogP contribution >= 0.6 is 0 Å². The molecule has 0 saturated carbocycles. The number of hydrogen-bond donors (Lipinski definition) is 1. The van der Waals surface area contributed by atoms with E-state index in [0.717, 1.165) is 16.7 Å². The molecule has 2 N–H and O–H groups in total. The van der Waals surface area contributed by atoms with E-state index in [4.69, 9.17) is 5.73 Å². The van der Waals surface area contributed by atoms with Crippen LogP contribution in [0.15, 0.2) is 78.9 Å². The van der Waals surface area contributed by atoms with Gasteiger partial charge in [0.2, 0.25) is 5.91 Å². The van der Waals surface area contributed by atoms with E-state index in [1.807, 2.05) is 48.5 Å². The molecule has 0 spiro atoms. The summed E-state index contributed by atoms with van der Waals surface area (Å²) >= 11 is 0. The number of piperidine rings is 1. The van der Waals surface area contributed by atoms with E-state index >= 15 is 0 Å². The summed E-state index contributed by atoms with van der Waals surface area (Å²) < 4.78 is 13.7. The van der Waals surface area contributed by atoms with Crippen LogP contribution < -0.4 is 5.73 Å². The van der Waals surface area contributed by atoms with Crippen LogP contribution in [0.4, 0.5) is 4.39 Å². The van der Waals surface area contributed by atoms with Gasteiger partial charge in [0, 0.05) is 18.7 Å². The molecule has 0 aromatic heterocycles. The Bertz CT molecular complexity index is 1100. The zero-order valence-electron chi connectivity index (χ0n) is 17.3. The van der Waals surface area contributed by atoms with Crippen molar-refractivity contribution in [2.75, 3.05) is 13.1 Å². The summed E-state index contributed by atoms with van der Waals surface area (Å²) in [6.45, 7) is 0.895. The molecule has 1 aliphatic rings. The minimum Gasteiger partial charge on any atom is -0.369 e. The quantitative estimate of drug-likeness (QED) is 0.668. The van der Waals surface area contributed by atoms with Crippen molar-refractivity contribution in [3.05, 3.63) is 95.8 Å².